The molecule has 0 saturated heterocycles. The van der Waals surface area contributed by atoms with Gasteiger partial charge in [0.2, 0.25) is 5.88 Å². The van der Waals surface area contributed by atoms with Crippen LogP contribution in [0.25, 0.3) is 5.52 Å². The SMILES string of the molecule is Cc1cc2c(Oc3cc(Br)ccc3F)nccn2n1. The van der Waals surface area contributed by atoms with Crippen LogP contribution in [0.2, 0.25) is 0 Å². The number of nitrogens with zero attached hydrogens (tertiary/aromatic N) is 3. The van der Waals surface area contributed by atoms with Crippen molar-refractivity contribution in [3.05, 3.63) is 52.6 Å². The lowest BCUT2D eigenvalue weighted by Gasteiger charge is -2.07. The Kier molecular flexibility index (Phi) is 2.94. The van der Waals surface area contributed by atoms with Crippen molar-refractivity contribution >= 4 is 21.4 Å². The molecule has 0 aliphatic rings. The molecule has 1 aromatic carbocycles. The second kappa shape index (κ2) is 4.62. The van der Waals surface area contributed by atoms with Gasteiger partial charge in [0, 0.05) is 16.9 Å². The molecule has 0 amide bonds. The lowest BCUT2D eigenvalue weighted by molar-refractivity contribution is 0.429. The third kappa shape index (κ3) is 2.31. The minimum absolute atomic E-state index is 0.119. The van der Waals surface area contributed by atoms with Crippen LogP contribution in [0.4, 0.5) is 4.39 Å². The number of ether oxygens (including phenoxy) is 1. The first kappa shape index (κ1) is 12.1. The lowest BCUT2D eigenvalue weighted by atomic mass is 10.3. The Morgan fingerprint density at radius 1 is 1.32 bits per heavy atom. The molecule has 0 saturated carbocycles. The Balaban J connectivity index is 2.08. The van der Waals surface area contributed by atoms with Gasteiger partial charge in [-0.1, -0.05) is 15.9 Å². The molecule has 96 valence electrons. The second-order valence-electron chi connectivity index (χ2n) is 4.02. The van der Waals surface area contributed by atoms with Gasteiger partial charge in [0.25, 0.3) is 0 Å². The number of aryl methyl sites for hydroxylation is 1. The topological polar surface area (TPSA) is 39.4 Å². The highest BCUT2D eigenvalue weighted by atomic mass is 79.9. The number of hydrogen-bond acceptors (Lipinski definition) is 3. The molecule has 2 heterocycles. The summed E-state index contributed by atoms with van der Waals surface area (Å²) in [5, 5.41) is 4.25. The van der Waals surface area contributed by atoms with Crippen molar-refractivity contribution in [3.8, 4) is 11.6 Å². The summed E-state index contributed by atoms with van der Waals surface area (Å²) < 4.78 is 21.6. The normalized spacial score (nSPS) is 10.9. The van der Waals surface area contributed by atoms with Gasteiger partial charge in [-0.2, -0.15) is 5.10 Å². The predicted molar refractivity (Wildman–Crippen MR) is 71.9 cm³/mol. The summed E-state index contributed by atoms with van der Waals surface area (Å²) in [4.78, 5) is 4.12. The molecule has 0 aliphatic carbocycles. The van der Waals surface area contributed by atoms with Crippen LogP contribution in [-0.4, -0.2) is 14.6 Å². The van der Waals surface area contributed by atoms with E-state index in [9.17, 15) is 4.39 Å². The van der Waals surface area contributed by atoms with Crippen molar-refractivity contribution in [2.45, 2.75) is 6.92 Å². The van der Waals surface area contributed by atoms with Crippen LogP contribution < -0.4 is 4.74 Å². The number of halogens is 2. The molecular weight excluding hydrogens is 313 g/mol. The molecule has 0 unspecified atom stereocenters. The number of fused-ring (bicyclic) bond motifs is 1. The van der Waals surface area contributed by atoms with Crippen LogP contribution in [0.1, 0.15) is 5.69 Å². The number of benzene rings is 1. The zero-order valence-corrected chi connectivity index (χ0v) is 11.6. The lowest BCUT2D eigenvalue weighted by Crippen LogP contribution is -1.95. The van der Waals surface area contributed by atoms with E-state index in [4.69, 9.17) is 4.74 Å². The third-order valence-electron chi connectivity index (χ3n) is 2.58. The molecule has 0 fully saturated rings. The van der Waals surface area contributed by atoms with E-state index < -0.39 is 5.82 Å². The number of aromatic nitrogens is 3. The Hall–Kier alpha value is -1.95. The fourth-order valence-corrected chi connectivity index (χ4v) is 2.10. The maximum atomic E-state index is 13.7. The highest BCUT2D eigenvalue weighted by molar-refractivity contribution is 9.10. The maximum absolute atomic E-state index is 13.7. The average molecular weight is 322 g/mol. The monoisotopic (exact) mass is 321 g/mol. The van der Waals surface area contributed by atoms with E-state index in [1.807, 2.05) is 13.0 Å². The molecule has 0 radical (unpaired) electrons. The van der Waals surface area contributed by atoms with E-state index in [2.05, 4.69) is 26.0 Å². The van der Waals surface area contributed by atoms with Crippen molar-refractivity contribution in [1.29, 1.82) is 0 Å². The summed E-state index contributed by atoms with van der Waals surface area (Å²) in [6.45, 7) is 1.87. The van der Waals surface area contributed by atoms with E-state index in [1.165, 1.54) is 6.07 Å². The third-order valence-corrected chi connectivity index (χ3v) is 3.07. The molecule has 4 nitrogen and oxygen atoms in total. The summed E-state index contributed by atoms with van der Waals surface area (Å²) in [7, 11) is 0. The Morgan fingerprint density at radius 3 is 3.00 bits per heavy atom. The Labute approximate surface area is 117 Å². The highest BCUT2D eigenvalue weighted by Crippen LogP contribution is 2.28. The van der Waals surface area contributed by atoms with E-state index >= 15 is 0 Å². The highest BCUT2D eigenvalue weighted by Gasteiger charge is 2.11. The van der Waals surface area contributed by atoms with Crippen molar-refractivity contribution in [2.24, 2.45) is 0 Å². The van der Waals surface area contributed by atoms with Crippen LogP contribution in [-0.2, 0) is 0 Å². The van der Waals surface area contributed by atoms with E-state index in [-0.39, 0.29) is 5.75 Å². The zero-order chi connectivity index (χ0) is 13.4. The fraction of sp³-hybridized carbons (Fsp3) is 0.0769. The molecule has 0 atom stereocenters. The molecule has 19 heavy (non-hydrogen) atoms. The first-order valence-corrected chi connectivity index (χ1v) is 6.37. The molecule has 2 aromatic heterocycles. The van der Waals surface area contributed by atoms with Gasteiger partial charge < -0.3 is 4.74 Å². The molecule has 0 bridgehead atoms. The quantitative estimate of drug-likeness (QED) is 0.722. The minimum Gasteiger partial charge on any atom is -0.434 e. The Bertz CT molecular complexity index is 757. The second-order valence-corrected chi connectivity index (χ2v) is 4.94. The summed E-state index contributed by atoms with van der Waals surface area (Å²) in [6, 6.07) is 6.34. The van der Waals surface area contributed by atoms with Crippen LogP contribution >= 0.6 is 15.9 Å². The summed E-state index contributed by atoms with van der Waals surface area (Å²) in [5.41, 5.74) is 1.53. The first-order valence-electron chi connectivity index (χ1n) is 5.57. The Morgan fingerprint density at radius 2 is 2.16 bits per heavy atom. The van der Waals surface area contributed by atoms with Gasteiger partial charge >= 0.3 is 0 Å². The van der Waals surface area contributed by atoms with E-state index in [1.54, 1.807) is 29.0 Å². The average Bonchev–Trinajstić information content (AvgIpc) is 2.75. The number of hydrogen-bond donors (Lipinski definition) is 0. The molecular formula is C13H9BrFN3O. The summed E-state index contributed by atoms with van der Waals surface area (Å²) in [6.07, 6.45) is 3.27. The largest absolute Gasteiger partial charge is 0.434 e. The van der Waals surface area contributed by atoms with Gasteiger partial charge in [-0.15, -0.1) is 0 Å². The minimum atomic E-state index is -0.441. The predicted octanol–water partition coefficient (Wildman–Crippen LogP) is 3.73. The van der Waals surface area contributed by atoms with E-state index in [0.717, 1.165) is 10.2 Å². The van der Waals surface area contributed by atoms with Gasteiger partial charge in [-0.3, -0.25) is 0 Å². The molecule has 0 aliphatic heterocycles. The van der Waals surface area contributed by atoms with Crippen molar-refractivity contribution in [3.63, 3.8) is 0 Å². The van der Waals surface area contributed by atoms with Gasteiger partial charge in [0.1, 0.15) is 5.52 Å². The molecule has 6 heteroatoms. The van der Waals surface area contributed by atoms with E-state index in [0.29, 0.717) is 11.4 Å². The van der Waals surface area contributed by atoms with Crippen LogP contribution in [0.5, 0.6) is 11.6 Å². The number of rotatable bonds is 2. The van der Waals surface area contributed by atoms with Crippen molar-refractivity contribution in [1.82, 2.24) is 14.6 Å². The van der Waals surface area contributed by atoms with Crippen LogP contribution in [0.15, 0.2) is 41.1 Å². The molecule has 0 spiro atoms. The smallest absolute Gasteiger partial charge is 0.245 e. The molecule has 0 N–H and O–H groups in total. The van der Waals surface area contributed by atoms with Gasteiger partial charge in [-0.05, 0) is 31.2 Å². The van der Waals surface area contributed by atoms with Gasteiger partial charge in [-0.25, -0.2) is 13.9 Å². The standard InChI is InChI=1S/C13H9BrFN3O/c1-8-6-11-13(16-4-5-18(11)17-8)19-12-7-9(14)2-3-10(12)15/h2-7H,1H3. The molecule has 3 rings (SSSR count). The van der Waals surface area contributed by atoms with Gasteiger partial charge in [0.05, 0.1) is 5.69 Å². The first-order chi connectivity index (χ1) is 9.13. The van der Waals surface area contributed by atoms with Gasteiger partial charge in [0.15, 0.2) is 11.6 Å². The summed E-state index contributed by atoms with van der Waals surface area (Å²) in [5.74, 6) is -0.00262. The van der Waals surface area contributed by atoms with Crippen LogP contribution in [0.3, 0.4) is 0 Å². The summed E-state index contributed by atoms with van der Waals surface area (Å²) >= 11 is 3.28. The fourth-order valence-electron chi connectivity index (χ4n) is 1.76. The van der Waals surface area contributed by atoms with Crippen LogP contribution in [0, 0.1) is 12.7 Å². The maximum Gasteiger partial charge on any atom is 0.245 e. The van der Waals surface area contributed by atoms with Crippen molar-refractivity contribution in [2.75, 3.05) is 0 Å². The van der Waals surface area contributed by atoms with Crippen molar-refractivity contribution < 1.29 is 9.13 Å². The molecule has 3 aromatic rings. The zero-order valence-electron chi connectivity index (χ0n) is 9.97.